The van der Waals surface area contributed by atoms with Gasteiger partial charge in [-0.05, 0) is 36.6 Å². The van der Waals surface area contributed by atoms with Crippen molar-refractivity contribution in [3.63, 3.8) is 0 Å². The molecule has 2 unspecified atom stereocenters. The number of carbonyl (C=O) groups excluding carboxylic acids is 1. The van der Waals surface area contributed by atoms with E-state index in [-0.39, 0.29) is 11.8 Å². The molecule has 3 rings (SSSR count). The summed E-state index contributed by atoms with van der Waals surface area (Å²) in [6.07, 6.45) is 1.13. The summed E-state index contributed by atoms with van der Waals surface area (Å²) >= 11 is 0. The van der Waals surface area contributed by atoms with Crippen molar-refractivity contribution in [3.05, 3.63) is 59.0 Å². The predicted octanol–water partition coefficient (Wildman–Crippen LogP) is 3.06. The van der Waals surface area contributed by atoms with E-state index in [9.17, 15) is 4.79 Å². The molecule has 0 bridgehead atoms. The van der Waals surface area contributed by atoms with Crippen molar-refractivity contribution >= 4 is 5.97 Å². The van der Waals surface area contributed by atoms with Crippen LogP contribution in [0, 0.1) is 0 Å². The summed E-state index contributed by atoms with van der Waals surface area (Å²) in [7, 11) is 1.35. The highest BCUT2D eigenvalue weighted by Crippen LogP contribution is 2.34. The Morgan fingerprint density at radius 3 is 2.95 bits per heavy atom. The van der Waals surface area contributed by atoms with Gasteiger partial charge in [0.1, 0.15) is 5.76 Å². The number of hydrogen-bond acceptors (Lipinski definition) is 4. The van der Waals surface area contributed by atoms with Crippen LogP contribution < -0.4 is 5.32 Å². The molecule has 0 saturated carbocycles. The summed E-state index contributed by atoms with van der Waals surface area (Å²) in [5.41, 5.74) is 2.88. The minimum absolute atomic E-state index is 0.0659. The number of esters is 1. The quantitative estimate of drug-likeness (QED) is 0.858. The summed E-state index contributed by atoms with van der Waals surface area (Å²) in [5.74, 6) is 1.12. The average molecular weight is 285 g/mol. The van der Waals surface area contributed by atoms with Crippen LogP contribution in [0.25, 0.3) is 0 Å². The first-order valence-corrected chi connectivity index (χ1v) is 7.18. The van der Waals surface area contributed by atoms with E-state index in [2.05, 4.69) is 34.3 Å². The number of hydrogen-bond donors (Lipinski definition) is 1. The largest absolute Gasteiger partial charge is 0.463 e. The Morgan fingerprint density at radius 1 is 1.38 bits per heavy atom. The third-order valence-electron chi connectivity index (χ3n) is 4.07. The van der Waals surface area contributed by atoms with E-state index in [4.69, 9.17) is 4.42 Å². The number of benzene rings is 1. The van der Waals surface area contributed by atoms with Gasteiger partial charge >= 0.3 is 5.97 Å². The zero-order chi connectivity index (χ0) is 14.8. The molecule has 1 aromatic carbocycles. The van der Waals surface area contributed by atoms with Crippen LogP contribution in [0.15, 0.2) is 40.8 Å². The maximum absolute atomic E-state index is 11.4. The Morgan fingerprint density at radius 2 is 2.19 bits per heavy atom. The van der Waals surface area contributed by atoms with Crippen LogP contribution in [0.2, 0.25) is 0 Å². The molecule has 4 nitrogen and oxygen atoms in total. The van der Waals surface area contributed by atoms with Crippen molar-refractivity contribution in [2.24, 2.45) is 0 Å². The van der Waals surface area contributed by atoms with Gasteiger partial charge in [0.05, 0.1) is 13.2 Å². The van der Waals surface area contributed by atoms with Gasteiger partial charge in [0.25, 0.3) is 0 Å². The van der Waals surface area contributed by atoms with E-state index in [1.54, 1.807) is 6.07 Å². The van der Waals surface area contributed by atoms with Crippen LogP contribution in [0.4, 0.5) is 0 Å². The lowest BCUT2D eigenvalue weighted by atomic mass is 9.77. The molecule has 0 fully saturated rings. The normalized spacial score (nSPS) is 17.7. The Labute approximate surface area is 124 Å². The zero-order valence-corrected chi connectivity index (χ0v) is 12.3. The third-order valence-corrected chi connectivity index (χ3v) is 4.07. The van der Waals surface area contributed by atoms with Crippen molar-refractivity contribution in [1.82, 2.24) is 5.32 Å². The van der Waals surface area contributed by atoms with Gasteiger partial charge < -0.3 is 14.5 Å². The van der Waals surface area contributed by atoms with Crippen LogP contribution in [0.3, 0.4) is 0 Å². The minimum Gasteiger partial charge on any atom is -0.463 e. The zero-order valence-electron chi connectivity index (χ0n) is 12.3. The molecule has 21 heavy (non-hydrogen) atoms. The summed E-state index contributed by atoms with van der Waals surface area (Å²) in [4.78, 5) is 11.4. The maximum atomic E-state index is 11.4. The minimum atomic E-state index is -0.443. The lowest BCUT2D eigenvalue weighted by Crippen LogP contribution is -2.30. The second kappa shape index (κ2) is 5.74. The number of fused-ring (bicyclic) bond motifs is 1. The van der Waals surface area contributed by atoms with Gasteiger partial charge in [-0.15, -0.1) is 0 Å². The molecule has 0 amide bonds. The monoisotopic (exact) mass is 285 g/mol. The third kappa shape index (κ3) is 2.72. The van der Waals surface area contributed by atoms with Gasteiger partial charge in [-0.2, -0.15) is 0 Å². The molecule has 1 aliphatic carbocycles. The first-order chi connectivity index (χ1) is 10.2. The lowest BCUT2D eigenvalue weighted by Gasteiger charge is -2.31. The molecule has 110 valence electrons. The topological polar surface area (TPSA) is 51.5 Å². The van der Waals surface area contributed by atoms with Crippen LogP contribution in [0.1, 0.15) is 46.3 Å². The Balaban J connectivity index is 1.57. The molecule has 1 aromatic heterocycles. The van der Waals surface area contributed by atoms with Crippen molar-refractivity contribution in [1.29, 1.82) is 0 Å². The summed E-state index contributed by atoms with van der Waals surface area (Å²) in [6, 6.07) is 12.1. The van der Waals surface area contributed by atoms with E-state index in [0.717, 1.165) is 18.7 Å². The SMILES string of the molecule is COC(=O)c1ccc(C(C)NCC2Cc3ccccc32)o1. The van der Waals surface area contributed by atoms with Gasteiger partial charge in [0, 0.05) is 12.5 Å². The molecular weight excluding hydrogens is 266 g/mol. The molecule has 0 aliphatic heterocycles. The van der Waals surface area contributed by atoms with Gasteiger partial charge in [-0.25, -0.2) is 4.79 Å². The smallest absolute Gasteiger partial charge is 0.373 e. The van der Waals surface area contributed by atoms with Gasteiger partial charge in [-0.1, -0.05) is 24.3 Å². The molecule has 2 aromatic rings. The van der Waals surface area contributed by atoms with Gasteiger partial charge in [-0.3, -0.25) is 0 Å². The van der Waals surface area contributed by atoms with Crippen molar-refractivity contribution < 1.29 is 13.9 Å². The van der Waals surface area contributed by atoms with Crippen molar-refractivity contribution in [2.75, 3.05) is 13.7 Å². The van der Waals surface area contributed by atoms with Crippen LogP contribution in [-0.2, 0) is 11.2 Å². The second-order valence-electron chi connectivity index (χ2n) is 5.42. The molecule has 0 radical (unpaired) electrons. The molecule has 1 N–H and O–H groups in total. The molecule has 0 spiro atoms. The summed E-state index contributed by atoms with van der Waals surface area (Å²) in [6.45, 7) is 2.94. The van der Waals surface area contributed by atoms with E-state index in [1.165, 1.54) is 18.2 Å². The predicted molar refractivity (Wildman–Crippen MR) is 79.4 cm³/mol. The standard InChI is InChI=1S/C17H19NO3/c1-11(15-7-8-16(21-15)17(19)20-2)18-10-13-9-12-5-3-4-6-14(12)13/h3-8,11,13,18H,9-10H2,1-2H3. The number of carbonyl (C=O) groups is 1. The Bertz CT molecular complexity index is 647. The first kappa shape index (κ1) is 13.9. The van der Waals surface area contributed by atoms with E-state index >= 15 is 0 Å². The fraction of sp³-hybridized carbons (Fsp3) is 0.353. The van der Waals surface area contributed by atoms with Gasteiger partial charge in [0.2, 0.25) is 5.76 Å². The van der Waals surface area contributed by atoms with E-state index in [1.807, 2.05) is 13.0 Å². The second-order valence-corrected chi connectivity index (χ2v) is 5.42. The molecule has 4 heteroatoms. The molecule has 1 aliphatic rings. The molecular formula is C17H19NO3. The number of methoxy groups -OCH3 is 1. The highest BCUT2D eigenvalue weighted by molar-refractivity contribution is 5.86. The average Bonchev–Trinajstić information content (AvgIpc) is 2.97. The maximum Gasteiger partial charge on any atom is 0.373 e. The van der Waals surface area contributed by atoms with Crippen LogP contribution in [-0.4, -0.2) is 19.6 Å². The Kier molecular flexibility index (Phi) is 3.80. The van der Waals surface area contributed by atoms with E-state index < -0.39 is 5.97 Å². The fourth-order valence-electron chi connectivity index (χ4n) is 2.76. The van der Waals surface area contributed by atoms with Crippen LogP contribution >= 0.6 is 0 Å². The van der Waals surface area contributed by atoms with Gasteiger partial charge in [0.15, 0.2) is 0 Å². The first-order valence-electron chi connectivity index (χ1n) is 7.18. The highest BCUT2D eigenvalue weighted by Gasteiger charge is 2.25. The summed E-state index contributed by atoms with van der Waals surface area (Å²) in [5, 5.41) is 3.47. The number of furan rings is 1. The molecule has 0 saturated heterocycles. The van der Waals surface area contributed by atoms with Crippen molar-refractivity contribution in [2.45, 2.75) is 25.3 Å². The summed E-state index contributed by atoms with van der Waals surface area (Å²) < 4.78 is 10.2. The van der Waals surface area contributed by atoms with Crippen LogP contribution in [0.5, 0.6) is 0 Å². The fourth-order valence-corrected chi connectivity index (χ4v) is 2.76. The Hall–Kier alpha value is -2.07. The number of nitrogens with one attached hydrogen (secondary N) is 1. The number of ether oxygens (including phenoxy) is 1. The lowest BCUT2D eigenvalue weighted by molar-refractivity contribution is 0.0562. The number of rotatable bonds is 5. The highest BCUT2D eigenvalue weighted by atomic mass is 16.5. The van der Waals surface area contributed by atoms with E-state index in [0.29, 0.717) is 5.92 Å². The molecule has 1 heterocycles. The van der Waals surface area contributed by atoms with Crippen molar-refractivity contribution in [3.8, 4) is 0 Å². The molecule has 2 atom stereocenters.